The first-order valence-electron chi connectivity index (χ1n) is 7.99. The molecule has 1 aliphatic carbocycles. The number of carbonyl (C=O) groups excluding carboxylic acids is 1. The Morgan fingerprint density at radius 3 is 2.82 bits per heavy atom. The molecule has 5 heteroatoms. The third-order valence-electron chi connectivity index (χ3n) is 4.72. The van der Waals surface area contributed by atoms with Crippen molar-refractivity contribution in [2.45, 2.75) is 38.1 Å². The number of nitrogens with zero attached hydrogens (tertiary/aromatic N) is 4. The Kier molecular flexibility index (Phi) is 3.21. The first-order valence-corrected chi connectivity index (χ1v) is 7.99. The zero-order valence-corrected chi connectivity index (χ0v) is 12.8. The number of rotatable bonds is 3. The van der Waals surface area contributed by atoms with Gasteiger partial charge in [0.2, 0.25) is 0 Å². The van der Waals surface area contributed by atoms with E-state index < -0.39 is 0 Å². The van der Waals surface area contributed by atoms with Crippen molar-refractivity contribution in [2.75, 3.05) is 13.1 Å². The summed E-state index contributed by atoms with van der Waals surface area (Å²) in [5.41, 5.74) is 2.96. The Hall–Kier alpha value is -2.17. The van der Waals surface area contributed by atoms with Crippen LogP contribution in [0.25, 0.3) is 0 Å². The molecular formula is C17H20N4O. The molecule has 1 atom stereocenters. The minimum atomic E-state index is 0.128. The zero-order valence-electron chi connectivity index (χ0n) is 12.8. The quantitative estimate of drug-likeness (QED) is 0.874. The van der Waals surface area contributed by atoms with Crippen LogP contribution < -0.4 is 0 Å². The van der Waals surface area contributed by atoms with Crippen LogP contribution in [0.3, 0.4) is 0 Å². The van der Waals surface area contributed by atoms with Crippen LogP contribution in [-0.4, -0.2) is 38.9 Å². The number of amides is 1. The highest BCUT2D eigenvalue weighted by Crippen LogP contribution is 2.39. The lowest BCUT2D eigenvalue weighted by Gasteiger charge is -2.17. The summed E-state index contributed by atoms with van der Waals surface area (Å²) in [5, 5.41) is 8.55. The largest absolute Gasteiger partial charge is 0.336 e. The van der Waals surface area contributed by atoms with Crippen LogP contribution in [0.15, 0.2) is 30.5 Å². The molecule has 2 aromatic rings. The number of aryl methyl sites for hydroxylation is 1. The molecule has 4 rings (SSSR count). The van der Waals surface area contributed by atoms with Gasteiger partial charge in [-0.05, 0) is 37.8 Å². The zero-order chi connectivity index (χ0) is 15.1. The highest BCUT2D eigenvalue weighted by molar-refractivity contribution is 5.95. The van der Waals surface area contributed by atoms with Gasteiger partial charge in [0.25, 0.3) is 5.91 Å². The van der Waals surface area contributed by atoms with Gasteiger partial charge in [-0.2, -0.15) is 0 Å². The normalized spacial score (nSPS) is 21.3. The molecule has 0 radical (unpaired) electrons. The van der Waals surface area contributed by atoms with E-state index in [0.29, 0.717) is 5.92 Å². The van der Waals surface area contributed by atoms with Gasteiger partial charge in [-0.3, -0.25) is 4.79 Å². The van der Waals surface area contributed by atoms with E-state index in [1.807, 2.05) is 40.8 Å². The van der Waals surface area contributed by atoms with Crippen molar-refractivity contribution in [1.82, 2.24) is 19.9 Å². The van der Waals surface area contributed by atoms with Crippen LogP contribution in [0.2, 0.25) is 0 Å². The predicted octanol–water partition coefficient (Wildman–Crippen LogP) is 2.55. The lowest BCUT2D eigenvalue weighted by atomic mass is 10.1. The molecular weight excluding hydrogens is 276 g/mol. The Morgan fingerprint density at radius 2 is 2.05 bits per heavy atom. The highest BCUT2D eigenvalue weighted by Gasteiger charge is 2.31. The Bertz CT molecular complexity index is 704. The second-order valence-electron chi connectivity index (χ2n) is 6.41. The van der Waals surface area contributed by atoms with Gasteiger partial charge in [0.05, 0.1) is 11.7 Å². The maximum Gasteiger partial charge on any atom is 0.254 e. The SMILES string of the molecule is Cc1ccccc1C(=O)N1CCC(n2cc(C3CC3)nn2)C1. The minimum absolute atomic E-state index is 0.128. The molecule has 1 unspecified atom stereocenters. The fraction of sp³-hybridized carbons (Fsp3) is 0.471. The molecule has 1 aromatic carbocycles. The van der Waals surface area contributed by atoms with Crippen molar-refractivity contribution in [3.63, 3.8) is 0 Å². The molecule has 1 saturated heterocycles. The lowest BCUT2D eigenvalue weighted by molar-refractivity contribution is 0.0786. The second kappa shape index (κ2) is 5.23. The fourth-order valence-corrected chi connectivity index (χ4v) is 3.16. The van der Waals surface area contributed by atoms with Gasteiger partial charge in [-0.25, -0.2) is 4.68 Å². The van der Waals surface area contributed by atoms with Crippen molar-refractivity contribution >= 4 is 5.91 Å². The first-order chi connectivity index (χ1) is 10.7. The van der Waals surface area contributed by atoms with Crippen LogP contribution in [0, 0.1) is 6.92 Å². The summed E-state index contributed by atoms with van der Waals surface area (Å²) in [7, 11) is 0. The van der Waals surface area contributed by atoms with Gasteiger partial charge in [0.15, 0.2) is 0 Å². The summed E-state index contributed by atoms with van der Waals surface area (Å²) in [6, 6.07) is 8.04. The van der Waals surface area contributed by atoms with Crippen LogP contribution in [0.5, 0.6) is 0 Å². The summed E-state index contributed by atoms with van der Waals surface area (Å²) >= 11 is 0. The van der Waals surface area contributed by atoms with Crippen molar-refractivity contribution in [2.24, 2.45) is 0 Å². The number of aromatic nitrogens is 3. The molecule has 2 heterocycles. The summed E-state index contributed by atoms with van der Waals surface area (Å²) in [5.74, 6) is 0.753. The topological polar surface area (TPSA) is 51.0 Å². The molecule has 2 fully saturated rings. The van der Waals surface area contributed by atoms with E-state index in [9.17, 15) is 4.79 Å². The summed E-state index contributed by atoms with van der Waals surface area (Å²) in [4.78, 5) is 14.6. The van der Waals surface area contributed by atoms with E-state index in [-0.39, 0.29) is 11.9 Å². The van der Waals surface area contributed by atoms with Gasteiger partial charge in [-0.1, -0.05) is 23.4 Å². The van der Waals surface area contributed by atoms with E-state index in [1.54, 1.807) is 0 Å². The van der Waals surface area contributed by atoms with E-state index >= 15 is 0 Å². The monoisotopic (exact) mass is 296 g/mol. The Balaban J connectivity index is 1.47. The smallest absolute Gasteiger partial charge is 0.254 e. The average molecular weight is 296 g/mol. The van der Waals surface area contributed by atoms with Crippen LogP contribution in [0.1, 0.15) is 52.8 Å². The van der Waals surface area contributed by atoms with E-state index in [4.69, 9.17) is 0 Å². The van der Waals surface area contributed by atoms with Gasteiger partial charge < -0.3 is 4.90 Å². The maximum atomic E-state index is 12.6. The van der Waals surface area contributed by atoms with Crippen LogP contribution in [0.4, 0.5) is 0 Å². The van der Waals surface area contributed by atoms with Crippen LogP contribution >= 0.6 is 0 Å². The number of likely N-dealkylation sites (tertiary alicyclic amines) is 1. The lowest BCUT2D eigenvalue weighted by Crippen LogP contribution is -2.29. The van der Waals surface area contributed by atoms with Crippen molar-refractivity contribution < 1.29 is 4.79 Å². The maximum absolute atomic E-state index is 12.6. The second-order valence-corrected chi connectivity index (χ2v) is 6.41. The van der Waals surface area contributed by atoms with E-state index in [0.717, 1.165) is 36.3 Å². The van der Waals surface area contributed by atoms with Gasteiger partial charge in [-0.15, -0.1) is 5.10 Å². The van der Waals surface area contributed by atoms with E-state index in [2.05, 4.69) is 16.5 Å². The number of carbonyl (C=O) groups is 1. The molecule has 22 heavy (non-hydrogen) atoms. The Labute approximate surface area is 129 Å². The molecule has 0 bridgehead atoms. The van der Waals surface area contributed by atoms with Crippen molar-refractivity contribution in [1.29, 1.82) is 0 Å². The molecule has 2 aliphatic rings. The number of hydrogen-bond donors (Lipinski definition) is 0. The highest BCUT2D eigenvalue weighted by atomic mass is 16.2. The van der Waals surface area contributed by atoms with Crippen molar-refractivity contribution in [3.05, 3.63) is 47.3 Å². The molecule has 114 valence electrons. The molecule has 0 N–H and O–H groups in total. The number of hydrogen-bond acceptors (Lipinski definition) is 3. The molecule has 1 aromatic heterocycles. The number of benzene rings is 1. The summed E-state index contributed by atoms with van der Waals surface area (Å²) in [6.45, 7) is 3.50. The summed E-state index contributed by atoms with van der Waals surface area (Å²) in [6.07, 6.45) is 5.50. The standard InChI is InChI=1S/C17H20N4O/c1-12-4-2-3-5-15(12)17(22)20-9-8-14(10-20)21-11-16(18-19-21)13-6-7-13/h2-5,11,13-14H,6-10H2,1H3. The summed E-state index contributed by atoms with van der Waals surface area (Å²) < 4.78 is 1.96. The minimum Gasteiger partial charge on any atom is -0.336 e. The molecule has 1 amide bonds. The van der Waals surface area contributed by atoms with E-state index in [1.165, 1.54) is 12.8 Å². The fourth-order valence-electron chi connectivity index (χ4n) is 3.16. The molecule has 1 aliphatic heterocycles. The molecule has 1 saturated carbocycles. The van der Waals surface area contributed by atoms with Gasteiger partial charge >= 0.3 is 0 Å². The van der Waals surface area contributed by atoms with Gasteiger partial charge in [0, 0.05) is 30.8 Å². The average Bonchev–Trinajstić information content (AvgIpc) is 3.07. The predicted molar refractivity (Wildman–Crippen MR) is 82.7 cm³/mol. The van der Waals surface area contributed by atoms with Crippen molar-refractivity contribution in [3.8, 4) is 0 Å². The third kappa shape index (κ3) is 2.40. The molecule has 5 nitrogen and oxygen atoms in total. The van der Waals surface area contributed by atoms with Gasteiger partial charge in [0.1, 0.15) is 0 Å². The first kappa shape index (κ1) is 13.5. The Morgan fingerprint density at radius 1 is 1.23 bits per heavy atom. The third-order valence-corrected chi connectivity index (χ3v) is 4.72. The molecule has 0 spiro atoms. The van der Waals surface area contributed by atoms with Crippen LogP contribution in [-0.2, 0) is 0 Å².